The smallest absolute Gasteiger partial charge is 0.216 e. The van der Waals surface area contributed by atoms with E-state index in [4.69, 9.17) is 4.42 Å². The van der Waals surface area contributed by atoms with Crippen LogP contribution >= 0.6 is 0 Å². The van der Waals surface area contributed by atoms with E-state index in [2.05, 4.69) is 5.10 Å². The van der Waals surface area contributed by atoms with E-state index in [1.54, 1.807) is 29.1 Å². The Bertz CT molecular complexity index is 1590. The van der Waals surface area contributed by atoms with Crippen LogP contribution in [0.25, 0.3) is 34.2 Å². The maximum Gasteiger partial charge on any atom is 0.216 e. The molecule has 0 saturated carbocycles. The molecule has 5 aromatic rings. The molecule has 0 aliphatic carbocycles. The molecule has 0 radical (unpaired) electrons. The fourth-order valence-electron chi connectivity index (χ4n) is 3.53. The quantitative estimate of drug-likeness (QED) is 0.323. The number of aromatic nitrogens is 2. The van der Waals surface area contributed by atoms with Gasteiger partial charge in [0.15, 0.2) is 5.76 Å². The van der Waals surface area contributed by atoms with Crippen LogP contribution in [0.15, 0.2) is 111 Å². The molecule has 0 unspecified atom stereocenters. The number of allylic oxidation sites excluding steroid dienone is 1. The minimum atomic E-state index is -4.00. The van der Waals surface area contributed by atoms with Crippen molar-refractivity contribution < 1.29 is 12.8 Å². The monoisotopic (exact) mass is 451 g/mol. The predicted octanol–water partition coefficient (Wildman–Crippen LogP) is 5.62. The van der Waals surface area contributed by atoms with E-state index in [-0.39, 0.29) is 9.80 Å². The Balaban J connectivity index is 1.70. The molecule has 5 rings (SSSR count). The number of furan rings is 1. The first-order valence-electron chi connectivity index (χ1n) is 10.1. The Morgan fingerprint density at radius 1 is 0.939 bits per heavy atom. The van der Waals surface area contributed by atoms with Crippen molar-refractivity contribution in [2.75, 3.05) is 0 Å². The Hall–Kier alpha value is -4.41. The third kappa shape index (κ3) is 3.84. The number of hydrogen-bond acceptors (Lipinski definition) is 5. The van der Waals surface area contributed by atoms with Crippen LogP contribution in [0.1, 0.15) is 5.56 Å². The van der Waals surface area contributed by atoms with Crippen molar-refractivity contribution >= 4 is 26.9 Å². The van der Waals surface area contributed by atoms with Gasteiger partial charge in [0.2, 0.25) is 9.84 Å². The van der Waals surface area contributed by atoms with E-state index in [1.165, 1.54) is 18.2 Å². The largest absolute Gasteiger partial charge is 0.454 e. The van der Waals surface area contributed by atoms with Crippen LogP contribution < -0.4 is 0 Å². The van der Waals surface area contributed by atoms with Gasteiger partial charge in [0.25, 0.3) is 0 Å². The van der Waals surface area contributed by atoms with Gasteiger partial charge in [-0.25, -0.2) is 13.1 Å². The van der Waals surface area contributed by atoms with Crippen LogP contribution in [-0.4, -0.2) is 18.2 Å². The number of nitrogens with zero attached hydrogens (tertiary/aromatic N) is 3. The van der Waals surface area contributed by atoms with Crippen molar-refractivity contribution in [2.24, 2.45) is 0 Å². The highest BCUT2D eigenvalue weighted by Crippen LogP contribution is 2.32. The highest BCUT2D eigenvalue weighted by Gasteiger charge is 2.23. The van der Waals surface area contributed by atoms with Gasteiger partial charge < -0.3 is 4.42 Å². The SMILES string of the molecule is N#CC(=Cc1cn(-c2ccccc2)nc1-c1cc2ccccc2o1)S(=O)(=O)c1ccccc1. The molecular formula is C26H17N3O3S. The number of nitriles is 1. The topological polar surface area (TPSA) is 88.9 Å². The molecule has 33 heavy (non-hydrogen) atoms. The average molecular weight is 452 g/mol. The summed E-state index contributed by atoms with van der Waals surface area (Å²) in [7, 11) is -4.00. The van der Waals surface area contributed by atoms with Crippen LogP contribution in [-0.2, 0) is 9.84 Å². The van der Waals surface area contributed by atoms with Gasteiger partial charge >= 0.3 is 0 Å². The van der Waals surface area contributed by atoms with Crippen molar-refractivity contribution in [1.29, 1.82) is 5.26 Å². The van der Waals surface area contributed by atoms with Crippen LogP contribution in [0.2, 0.25) is 0 Å². The van der Waals surface area contributed by atoms with Crippen molar-refractivity contribution in [3.8, 4) is 23.2 Å². The van der Waals surface area contributed by atoms with Gasteiger partial charge in [0, 0.05) is 17.1 Å². The minimum Gasteiger partial charge on any atom is -0.454 e. The molecule has 0 aliphatic rings. The Kier molecular flexibility index (Phi) is 5.13. The molecule has 0 amide bonds. The summed E-state index contributed by atoms with van der Waals surface area (Å²) in [5.41, 5.74) is 2.37. The summed E-state index contributed by atoms with van der Waals surface area (Å²) in [6.07, 6.45) is 3.03. The maximum absolute atomic E-state index is 13.1. The zero-order valence-electron chi connectivity index (χ0n) is 17.3. The normalized spacial score (nSPS) is 12.0. The van der Waals surface area contributed by atoms with Gasteiger partial charge in [-0.05, 0) is 42.5 Å². The van der Waals surface area contributed by atoms with Gasteiger partial charge in [-0.15, -0.1) is 0 Å². The highest BCUT2D eigenvalue weighted by atomic mass is 32.2. The average Bonchev–Trinajstić information content (AvgIpc) is 3.47. The molecule has 160 valence electrons. The number of rotatable bonds is 5. The lowest BCUT2D eigenvalue weighted by Gasteiger charge is -2.02. The molecule has 3 aromatic carbocycles. The third-order valence-electron chi connectivity index (χ3n) is 5.16. The second kappa shape index (κ2) is 8.26. The molecule has 2 heterocycles. The molecule has 2 aromatic heterocycles. The van der Waals surface area contributed by atoms with E-state index in [1.807, 2.05) is 66.7 Å². The van der Waals surface area contributed by atoms with E-state index >= 15 is 0 Å². The first-order chi connectivity index (χ1) is 16.1. The van der Waals surface area contributed by atoms with Crippen molar-refractivity contribution in [2.45, 2.75) is 4.90 Å². The fourth-order valence-corrected chi connectivity index (χ4v) is 4.71. The standard InChI is InChI=1S/C26H17N3O3S/c27-17-23(33(30,31)22-12-5-2-6-13-22)15-20-18-29(21-10-3-1-4-11-21)28-26(20)25-16-19-9-7-8-14-24(19)32-25/h1-16,18H. The Morgan fingerprint density at radius 3 is 2.30 bits per heavy atom. The fraction of sp³-hybridized carbons (Fsp3) is 0. The zero-order chi connectivity index (χ0) is 22.8. The second-order valence-corrected chi connectivity index (χ2v) is 9.22. The molecular weight excluding hydrogens is 434 g/mol. The van der Waals surface area contributed by atoms with Gasteiger partial charge in [-0.2, -0.15) is 10.4 Å². The molecule has 7 heteroatoms. The summed E-state index contributed by atoms with van der Waals surface area (Å²) in [4.78, 5) is -0.322. The molecule has 0 saturated heterocycles. The number of hydrogen-bond donors (Lipinski definition) is 0. The zero-order valence-corrected chi connectivity index (χ0v) is 18.1. The van der Waals surface area contributed by atoms with Crippen LogP contribution in [0.3, 0.4) is 0 Å². The van der Waals surface area contributed by atoms with Gasteiger partial charge in [-0.1, -0.05) is 54.6 Å². The molecule has 0 aliphatic heterocycles. The van der Waals surface area contributed by atoms with Crippen LogP contribution in [0.5, 0.6) is 0 Å². The van der Waals surface area contributed by atoms with Crippen molar-refractivity contribution in [1.82, 2.24) is 9.78 Å². The maximum atomic E-state index is 13.1. The molecule has 0 bridgehead atoms. The molecule has 0 fully saturated rings. The van der Waals surface area contributed by atoms with Crippen molar-refractivity contribution in [3.63, 3.8) is 0 Å². The number of fused-ring (bicyclic) bond motifs is 1. The first kappa shape index (κ1) is 20.5. The summed E-state index contributed by atoms with van der Waals surface area (Å²) in [5, 5.41) is 15.3. The summed E-state index contributed by atoms with van der Waals surface area (Å²) >= 11 is 0. The van der Waals surface area contributed by atoms with Crippen LogP contribution in [0, 0.1) is 11.3 Å². The number of para-hydroxylation sites is 2. The Morgan fingerprint density at radius 2 is 1.61 bits per heavy atom. The van der Waals surface area contributed by atoms with Gasteiger partial charge in [0.1, 0.15) is 22.3 Å². The van der Waals surface area contributed by atoms with E-state index in [0.29, 0.717) is 22.6 Å². The summed E-state index contributed by atoms with van der Waals surface area (Å²) in [5.74, 6) is 0.478. The van der Waals surface area contributed by atoms with Gasteiger partial charge in [0.05, 0.1) is 10.6 Å². The lowest BCUT2D eigenvalue weighted by Crippen LogP contribution is -2.03. The van der Waals surface area contributed by atoms with E-state index in [9.17, 15) is 13.7 Å². The second-order valence-electron chi connectivity index (χ2n) is 7.30. The molecule has 0 N–H and O–H groups in total. The minimum absolute atomic E-state index is 0.0542. The molecule has 0 atom stereocenters. The third-order valence-corrected chi connectivity index (χ3v) is 6.84. The lowest BCUT2D eigenvalue weighted by atomic mass is 10.2. The molecule has 6 nitrogen and oxygen atoms in total. The summed E-state index contributed by atoms with van der Waals surface area (Å²) in [6.45, 7) is 0. The summed E-state index contributed by atoms with van der Waals surface area (Å²) in [6, 6.07) is 28.6. The van der Waals surface area contributed by atoms with Crippen molar-refractivity contribution in [3.05, 3.63) is 108 Å². The van der Waals surface area contributed by atoms with E-state index < -0.39 is 9.84 Å². The lowest BCUT2D eigenvalue weighted by molar-refractivity contribution is 0.603. The van der Waals surface area contributed by atoms with Gasteiger partial charge in [-0.3, -0.25) is 0 Å². The van der Waals surface area contributed by atoms with Crippen LogP contribution in [0.4, 0.5) is 0 Å². The summed E-state index contributed by atoms with van der Waals surface area (Å²) < 4.78 is 33.8. The van der Waals surface area contributed by atoms with E-state index in [0.717, 1.165) is 11.1 Å². The number of sulfone groups is 1. The first-order valence-corrected chi connectivity index (χ1v) is 11.6. The number of benzene rings is 3. The highest BCUT2D eigenvalue weighted by molar-refractivity contribution is 7.95. The predicted molar refractivity (Wildman–Crippen MR) is 126 cm³/mol. The molecule has 0 spiro atoms. The Labute approximate surface area is 190 Å².